The van der Waals surface area contributed by atoms with Crippen LogP contribution < -0.4 is 10.1 Å². The Morgan fingerprint density at radius 3 is 2.76 bits per heavy atom. The van der Waals surface area contributed by atoms with Gasteiger partial charge < -0.3 is 10.1 Å². The van der Waals surface area contributed by atoms with Gasteiger partial charge in [-0.25, -0.2) is 0 Å². The molecule has 1 aliphatic heterocycles. The van der Waals surface area contributed by atoms with Crippen LogP contribution >= 0.6 is 11.6 Å². The summed E-state index contributed by atoms with van der Waals surface area (Å²) < 4.78 is 5.88. The highest BCUT2D eigenvalue weighted by Crippen LogP contribution is 2.25. The summed E-state index contributed by atoms with van der Waals surface area (Å²) in [6.45, 7) is 3.46. The van der Waals surface area contributed by atoms with E-state index in [-0.39, 0.29) is 11.9 Å². The summed E-state index contributed by atoms with van der Waals surface area (Å²) in [5, 5.41) is 3.84. The van der Waals surface area contributed by atoms with E-state index in [1.165, 1.54) is 6.92 Å². The first kappa shape index (κ1) is 12.4. The van der Waals surface area contributed by atoms with E-state index in [0.29, 0.717) is 16.3 Å². The van der Waals surface area contributed by atoms with E-state index in [9.17, 15) is 4.79 Å². The molecular formula is C13H16ClNO2. The fourth-order valence-electron chi connectivity index (χ4n) is 1.97. The molecular weight excluding hydrogens is 238 g/mol. The zero-order chi connectivity index (χ0) is 12.3. The second-order valence-electron chi connectivity index (χ2n) is 4.26. The van der Waals surface area contributed by atoms with E-state index in [0.717, 1.165) is 25.9 Å². The SMILES string of the molecule is CC(=O)c1cc(Cl)ccc1OC1CCNCC1. The third-order valence-electron chi connectivity index (χ3n) is 2.90. The van der Waals surface area contributed by atoms with Crippen molar-refractivity contribution < 1.29 is 9.53 Å². The van der Waals surface area contributed by atoms with Gasteiger partial charge in [-0.05, 0) is 51.1 Å². The number of piperidine rings is 1. The van der Waals surface area contributed by atoms with Gasteiger partial charge in [0.1, 0.15) is 11.9 Å². The molecule has 0 saturated carbocycles. The second-order valence-corrected chi connectivity index (χ2v) is 4.70. The largest absolute Gasteiger partial charge is 0.490 e. The smallest absolute Gasteiger partial charge is 0.163 e. The fourth-order valence-corrected chi connectivity index (χ4v) is 2.15. The van der Waals surface area contributed by atoms with Crippen LogP contribution in [0.2, 0.25) is 5.02 Å². The lowest BCUT2D eigenvalue weighted by molar-refractivity contribution is 0.100. The molecule has 0 aromatic heterocycles. The zero-order valence-electron chi connectivity index (χ0n) is 9.83. The van der Waals surface area contributed by atoms with Gasteiger partial charge in [0.15, 0.2) is 5.78 Å². The second kappa shape index (κ2) is 5.52. The molecule has 0 spiro atoms. The van der Waals surface area contributed by atoms with Gasteiger partial charge in [-0.15, -0.1) is 0 Å². The van der Waals surface area contributed by atoms with Crippen molar-refractivity contribution >= 4 is 17.4 Å². The summed E-state index contributed by atoms with van der Waals surface area (Å²) in [5.74, 6) is 0.630. The van der Waals surface area contributed by atoms with Gasteiger partial charge in [-0.1, -0.05) is 11.6 Å². The Kier molecular flexibility index (Phi) is 4.02. The normalized spacial score (nSPS) is 16.8. The summed E-state index contributed by atoms with van der Waals surface area (Å²) in [6, 6.07) is 5.20. The number of ether oxygens (including phenoxy) is 1. The van der Waals surface area contributed by atoms with Gasteiger partial charge in [0.25, 0.3) is 0 Å². The van der Waals surface area contributed by atoms with Gasteiger partial charge in [-0.3, -0.25) is 4.79 Å². The highest BCUT2D eigenvalue weighted by molar-refractivity contribution is 6.31. The van der Waals surface area contributed by atoms with Crippen molar-refractivity contribution in [3.63, 3.8) is 0 Å². The fraction of sp³-hybridized carbons (Fsp3) is 0.462. The zero-order valence-corrected chi connectivity index (χ0v) is 10.6. The summed E-state index contributed by atoms with van der Waals surface area (Å²) in [7, 11) is 0. The highest BCUT2D eigenvalue weighted by Gasteiger charge is 2.17. The van der Waals surface area contributed by atoms with Gasteiger partial charge in [0.05, 0.1) is 5.56 Å². The number of rotatable bonds is 3. The van der Waals surface area contributed by atoms with E-state index in [4.69, 9.17) is 16.3 Å². The number of Topliss-reactive ketones (excluding diaryl/α,β-unsaturated/α-hetero) is 1. The van der Waals surface area contributed by atoms with Crippen molar-refractivity contribution in [2.45, 2.75) is 25.9 Å². The molecule has 17 heavy (non-hydrogen) atoms. The summed E-state index contributed by atoms with van der Waals surface area (Å²) in [6.07, 6.45) is 2.13. The molecule has 1 heterocycles. The number of carbonyl (C=O) groups excluding carboxylic acids is 1. The molecule has 0 radical (unpaired) electrons. The topological polar surface area (TPSA) is 38.3 Å². The number of hydrogen-bond acceptors (Lipinski definition) is 3. The van der Waals surface area contributed by atoms with Crippen molar-refractivity contribution in [1.82, 2.24) is 5.32 Å². The monoisotopic (exact) mass is 253 g/mol. The molecule has 0 unspecified atom stereocenters. The lowest BCUT2D eigenvalue weighted by atomic mass is 10.1. The number of benzene rings is 1. The molecule has 1 aromatic rings. The third-order valence-corrected chi connectivity index (χ3v) is 3.14. The maximum Gasteiger partial charge on any atom is 0.163 e. The third kappa shape index (κ3) is 3.20. The summed E-state index contributed by atoms with van der Waals surface area (Å²) in [5.41, 5.74) is 0.566. The first-order chi connectivity index (χ1) is 8.16. The predicted octanol–water partition coefficient (Wildman–Crippen LogP) is 2.67. The van der Waals surface area contributed by atoms with Gasteiger partial charge in [0, 0.05) is 5.02 Å². The quantitative estimate of drug-likeness (QED) is 0.842. The Morgan fingerprint density at radius 1 is 1.41 bits per heavy atom. The van der Waals surface area contributed by atoms with Crippen LogP contribution in [-0.2, 0) is 0 Å². The van der Waals surface area contributed by atoms with E-state index < -0.39 is 0 Å². The Labute approximate surface area is 106 Å². The van der Waals surface area contributed by atoms with E-state index in [1.807, 2.05) is 0 Å². The standard InChI is InChI=1S/C13H16ClNO2/c1-9(16)12-8-10(14)2-3-13(12)17-11-4-6-15-7-5-11/h2-3,8,11,15H,4-7H2,1H3. The van der Waals surface area contributed by atoms with Crippen LogP contribution in [0, 0.1) is 0 Å². The highest BCUT2D eigenvalue weighted by atomic mass is 35.5. The van der Waals surface area contributed by atoms with E-state index in [2.05, 4.69) is 5.32 Å². The van der Waals surface area contributed by atoms with E-state index >= 15 is 0 Å². The average Bonchev–Trinajstić information content (AvgIpc) is 2.32. The van der Waals surface area contributed by atoms with Crippen molar-refractivity contribution in [3.05, 3.63) is 28.8 Å². The first-order valence-corrected chi connectivity index (χ1v) is 6.22. The molecule has 92 valence electrons. The molecule has 1 saturated heterocycles. The molecule has 1 N–H and O–H groups in total. The number of hydrogen-bond donors (Lipinski definition) is 1. The number of halogens is 1. The van der Waals surface area contributed by atoms with Crippen molar-refractivity contribution in [2.75, 3.05) is 13.1 Å². The molecule has 4 heteroatoms. The van der Waals surface area contributed by atoms with Crippen molar-refractivity contribution in [1.29, 1.82) is 0 Å². The van der Waals surface area contributed by atoms with E-state index in [1.54, 1.807) is 18.2 Å². The molecule has 0 atom stereocenters. The molecule has 2 rings (SSSR count). The van der Waals surface area contributed by atoms with Crippen LogP contribution in [0.4, 0.5) is 0 Å². The lowest BCUT2D eigenvalue weighted by Crippen LogP contribution is -2.34. The van der Waals surface area contributed by atoms with Gasteiger partial charge in [-0.2, -0.15) is 0 Å². The Hall–Kier alpha value is -1.06. The maximum atomic E-state index is 11.5. The Bertz CT molecular complexity index is 414. The molecule has 1 aromatic carbocycles. The van der Waals surface area contributed by atoms with Gasteiger partial charge >= 0.3 is 0 Å². The maximum absolute atomic E-state index is 11.5. The molecule has 0 aliphatic carbocycles. The Morgan fingerprint density at radius 2 is 2.12 bits per heavy atom. The van der Waals surface area contributed by atoms with Crippen LogP contribution in [0.3, 0.4) is 0 Å². The molecule has 3 nitrogen and oxygen atoms in total. The minimum atomic E-state index is -0.0172. The first-order valence-electron chi connectivity index (χ1n) is 5.84. The molecule has 0 bridgehead atoms. The minimum absolute atomic E-state index is 0.0172. The molecule has 1 aliphatic rings. The van der Waals surface area contributed by atoms with Crippen molar-refractivity contribution in [3.8, 4) is 5.75 Å². The van der Waals surface area contributed by atoms with Crippen LogP contribution in [0.25, 0.3) is 0 Å². The van der Waals surface area contributed by atoms with Crippen LogP contribution in [0.5, 0.6) is 5.75 Å². The van der Waals surface area contributed by atoms with Gasteiger partial charge in [0.2, 0.25) is 0 Å². The number of ketones is 1. The number of carbonyl (C=O) groups is 1. The molecule has 0 amide bonds. The van der Waals surface area contributed by atoms with Crippen molar-refractivity contribution in [2.24, 2.45) is 0 Å². The Balaban J connectivity index is 2.16. The minimum Gasteiger partial charge on any atom is -0.490 e. The van der Waals surface area contributed by atoms with Crippen LogP contribution in [0.1, 0.15) is 30.1 Å². The van der Waals surface area contributed by atoms with Crippen LogP contribution in [0.15, 0.2) is 18.2 Å². The number of nitrogens with one attached hydrogen (secondary N) is 1. The predicted molar refractivity (Wildman–Crippen MR) is 68.0 cm³/mol. The summed E-state index contributed by atoms with van der Waals surface area (Å²) in [4.78, 5) is 11.5. The van der Waals surface area contributed by atoms with Crippen LogP contribution in [-0.4, -0.2) is 25.0 Å². The average molecular weight is 254 g/mol. The molecule has 1 fully saturated rings. The summed E-state index contributed by atoms with van der Waals surface area (Å²) >= 11 is 5.89. The lowest BCUT2D eigenvalue weighted by Gasteiger charge is -2.24.